The molecule has 7 nitrogen and oxygen atoms in total. The molecule has 2 aliphatic rings. The summed E-state index contributed by atoms with van der Waals surface area (Å²) in [5, 5.41) is 0. The molecule has 7 heteroatoms. The van der Waals surface area contributed by atoms with E-state index in [-0.39, 0.29) is 12.5 Å². The van der Waals surface area contributed by atoms with Crippen LogP contribution in [0.3, 0.4) is 0 Å². The largest absolute Gasteiger partial charge is 0.377 e. The lowest BCUT2D eigenvalue weighted by atomic mass is 10.0. The van der Waals surface area contributed by atoms with Crippen LogP contribution in [0.15, 0.2) is 48.9 Å². The summed E-state index contributed by atoms with van der Waals surface area (Å²) in [5.74, 6) is -0.0517. The molecule has 0 N–H and O–H groups in total. The van der Waals surface area contributed by atoms with Gasteiger partial charge in [-0.05, 0) is 24.3 Å². The summed E-state index contributed by atoms with van der Waals surface area (Å²) in [6.07, 6.45) is 5.22. The molecule has 0 bridgehead atoms. The fraction of sp³-hybridized carbons (Fsp3) is 0.421. The Balaban J connectivity index is 1.53. The van der Waals surface area contributed by atoms with Gasteiger partial charge in [-0.15, -0.1) is 0 Å². The summed E-state index contributed by atoms with van der Waals surface area (Å²) in [5.41, 5.74) is 1.26. The van der Waals surface area contributed by atoms with Crippen LogP contribution in [0.25, 0.3) is 0 Å². The van der Waals surface area contributed by atoms with Gasteiger partial charge in [-0.3, -0.25) is 19.7 Å². The molecular formula is C19H22N4O3. The van der Waals surface area contributed by atoms with E-state index in [2.05, 4.69) is 14.9 Å². The third-order valence-electron chi connectivity index (χ3n) is 4.75. The van der Waals surface area contributed by atoms with E-state index in [1.54, 1.807) is 23.5 Å². The summed E-state index contributed by atoms with van der Waals surface area (Å²) >= 11 is 0. The molecule has 136 valence electrons. The van der Waals surface area contributed by atoms with E-state index in [1.165, 1.54) is 0 Å². The van der Waals surface area contributed by atoms with E-state index in [0.29, 0.717) is 26.3 Å². The molecule has 2 aromatic rings. The van der Waals surface area contributed by atoms with Crippen LogP contribution in [0, 0.1) is 0 Å². The number of hydrogen-bond donors (Lipinski definition) is 0. The molecule has 0 radical (unpaired) electrons. The zero-order valence-electron chi connectivity index (χ0n) is 14.6. The maximum Gasteiger partial charge on any atom is 0.253 e. The molecular weight excluding hydrogens is 332 g/mol. The number of amides is 1. The van der Waals surface area contributed by atoms with Gasteiger partial charge in [-0.1, -0.05) is 6.07 Å². The Kier molecular flexibility index (Phi) is 4.92. The molecule has 2 fully saturated rings. The van der Waals surface area contributed by atoms with Gasteiger partial charge in [0.1, 0.15) is 12.2 Å². The topological polar surface area (TPSA) is 67.8 Å². The van der Waals surface area contributed by atoms with Crippen molar-refractivity contribution in [2.24, 2.45) is 0 Å². The van der Waals surface area contributed by atoms with Crippen LogP contribution in [0.4, 0.5) is 5.69 Å². The number of carbonyl (C=O) groups excluding carboxylic acids is 1. The number of morpholine rings is 1. The first kappa shape index (κ1) is 17.1. The van der Waals surface area contributed by atoms with Crippen molar-refractivity contribution in [1.82, 2.24) is 14.9 Å². The molecule has 1 unspecified atom stereocenters. The number of hydrogen-bond acceptors (Lipinski definition) is 6. The van der Waals surface area contributed by atoms with Crippen LogP contribution in [0.2, 0.25) is 0 Å². The number of aromatic nitrogens is 2. The Morgan fingerprint density at radius 1 is 1.15 bits per heavy atom. The van der Waals surface area contributed by atoms with Gasteiger partial charge in [-0.2, -0.15) is 0 Å². The monoisotopic (exact) mass is 354 g/mol. The van der Waals surface area contributed by atoms with Crippen LogP contribution < -0.4 is 4.90 Å². The Morgan fingerprint density at radius 3 is 2.92 bits per heavy atom. The summed E-state index contributed by atoms with van der Waals surface area (Å²) in [6.45, 7) is 3.84. The molecule has 4 rings (SSSR count). The lowest BCUT2D eigenvalue weighted by Crippen LogP contribution is -2.60. The van der Waals surface area contributed by atoms with Crippen molar-refractivity contribution in [2.75, 3.05) is 44.4 Å². The van der Waals surface area contributed by atoms with Crippen LogP contribution in [-0.4, -0.2) is 65.8 Å². The SMILES string of the molecule is O=C1COC2(COCCN(Cc3ccccn3)C2)CN1c1cccnc1. The second-order valence-electron chi connectivity index (χ2n) is 6.75. The number of rotatable bonds is 3. The van der Waals surface area contributed by atoms with Gasteiger partial charge in [0.2, 0.25) is 0 Å². The van der Waals surface area contributed by atoms with Crippen LogP contribution in [0.1, 0.15) is 5.69 Å². The Hall–Kier alpha value is -2.35. The van der Waals surface area contributed by atoms with Crippen molar-refractivity contribution in [2.45, 2.75) is 12.1 Å². The van der Waals surface area contributed by atoms with Crippen LogP contribution in [0.5, 0.6) is 0 Å². The molecule has 2 aliphatic heterocycles. The van der Waals surface area contributed by atoms with Crippen molar-refractivity contribution >= 4 is 11.6 Å². The Bertz CT molecular complexity index is 743. The summed E-state index contributed by atoms with van der Waals surface area (Å²) < 4.78 is 11.9. The average Bonchev–Trinajstić information content (AvgIpc) is 2.88. The highest BCUT2D eigenvalue weighted by Gasteiger charge is 2.43. The predicted octanol–water partition coefficient (Wildman–Crippen LogP) is 1.11. The number of pyridine rings is 2. The molecule has 4 heterocycles. The van der Waals surface area contributed by atoms with Crippen molar-refractivity contribution in [3.63, 3.8) is 0 Å². The summed E-state index contributed by atoms with van der Waals surface area (Å²) in [4.78, 5) is 25.0. The lowest BCUT2D eigenvalue weighted by molar-refractivity contribution is -0.146. The van der Waals surface area contributed by atoms with Gasteiger partial charge < -0.3 is 14.4 Å². The minimum Gasteiger partial charge on any atom is -0.377 e. The highest BCUT2D eigenvalue weighted by atomic mass is 16.6. The number of nitrogens with zero attached hydrogens (tertiary/aromatic N) is 4. The van der Waals surface area contributed by atoms with E-state index in [0.717, 1.165) is 24.5 Å². The highest BCUT2D eigenvalue weighted by Crippen LogP contribution is 2.27. The molecule has 1 spiro atoms. The van der Waals surface area contributed by atoms with Crippen molar-refractivity contribution in [3.05, 3.63) is 54.6 Å². The molecule has 0 aliphatic carbocycles. The molecule has 2 saturated heterocycles. The van der Waals surface area contributed by atoms with E-state index in [1.807, 2.05) is 30.3 Å². The molecule has 2 aromatic heterocycles. The fourth-order valence-corrected chi connectivity index (χ4v) is 3.49. The van der Waals surface area contributed by atoms with Crippen molar-refractivity contribution in [3.8, 4) is 0 Å². The van der Waals surface area contributed by atoms with E-state index in [9.17, 15) is 4.79 Å². The second-order valence-corrected chi connectivity index (χ2v) is 6.75. The first-order valence-corrected chi connectivity index (χ1v) is 8.79. The van der Waals surface area contributed by atoms with Crippen molar-refractivity contribution in [1.29, 1.82) is 0 Å². The zero-order valence-corrected chi connectivity index (χ0v) is 14.6. The maximum absolute atomic E-state index is 12.4. The Morgan fingerprint density at radius 2 is 2.12 bits per heavy atom. The Labute approximate surface area is 152 Å². The van der Waals surface area contributed by atoms with E-state index in [4.69, 9.17) is 9.47 Å². The minimum atomic E-state index is -0.547. The lowest BCUT2D eigenvalue weighted by Gasteiger charge is -2.42. The van der Waals surface area contributed by atoms with Gasteiger partial charge in [0.15, 0.2) is 0 Å². The molecule has 1 atom stereocenters. The summed E-state index contributed by atoms with van der Waals surface area (Å²) in [7, 11) is 0. The molecule has 26 heavy (non-hydrogen) atoms. The van der Waals surface area contributed by atoms with Gasteiger partial charge in [0.25, 0.3) is 5.91 Å². The quantitative estimate of drug-likeness (QED) is 0.823. The summed E-state index contributed by atoms with van der Waals surface area (Å²) in [6, 6.07) is 9.66. The third-order valence-corrected chi connectivity index (χ3v) is 4.75. The molecule has 1 amide bonds. The third kappa shape index (κ3) is 3.75. The zero-order chi connectivity index (χ0) is 17.8. The predicted molar refractivity (Wildman–Crippen MR) is 95.6 cm³/mol. The first-order valence-electron chi connectivity index (χ1n) is 8.79. The van der Waals surface area contributed by atoms with Gasteiger partial charge in [-0.25, -0.2) is 0 Å². The average molecular weight is 354 g/mol. The standard InChI is InChI=1S/C19H22N4O3/c24-18-12-26-19(14-23(18)17-5-3-6-20-10-17)13-22(8-9-25-15-19)11-16-4-1-2-7-21-16/h1-7,10H,8-9,11-15H2. The van der Waals surface area contributed by atoms with E-state index >= 15 is 0 Å². The second kappa shape index (κ2) is 7.49. The van der Waals surface area contributed by atoms with Gasteiger partial charge in [0, 0.05) is 32.0 Å². The molecule has 0 saturated carbocycles. The molecule has 0 aromatic carbocycles. The normalized spacial score (nSPS) is 24.6. The van der Waals surface area contributed by atoms with Gasteiger partial charge in [0.05, 0.1) is 37.3 Å². The first-order chi connectivity index (χ1) is 12.7. The highest BCUT2D eigenvalue weighted by molar-refractivity contribution is 5.95. The van der Waals surface area contributed by atoms with Crippen LogP contribution >= 0.6 is 0 Å². The van der Waals surface area contributed by atoms with E-state index < -0.39 is 5.60 Å². The fourth-order valence-electron chi connectivity index (χ4n) is 3.49. The van der Waals surface area contributed by atoms with Crippen LogP contribution in [-0.2, 0) is 20.8 Å². The maximum atomic E-state index is 12.4. The smallest absolute Gasteiger partial charge is 0.253 e. The number of ether oxygens (including phenoxy) is 2. The van der Waals surface area contributed by atoms with Gasteiger partial charge >= 0.3 is 0 Å². The number of carbonyl (C=O) groups is 1. The van der Waals surface area contributed by atoms with Crippen molar-refractivity contribution < 1.29 is 14.3 Å². The number of anilines is 1. The minimum absolute atomic E-state index is 0.0513.